The summed E-state index contributed by atoms with van der Waals surface area (Å²) < 4.78 is 1.89. The van der Waals surface area contributed by atoms with Crippen LogP contribution in [-0.2, 0) is 0 Å². The van der Waals surface area contributed by atoms with Gasteiger partial charge in [0.25, 0.3) is 0 Å². The summed E-state index contributed by atoms with van der Waals surface area (Å²) in [5.41, 5.74) is 1.85. The zero-order valence-electron chi connectivity index (χ0n) is 10.2. The van der Waals surface area contributed by atoms with Crippen LogP contribution < -0.4 is 5.32 Å². The molecule has 0 amide bonds. The lowest BCUT2D eigenvalue weighted by molar-refractivity contribution is 0.0693. The Morgan fingerprint density at radius 1 is 1.61 bits per heavy atom. The number of fused-ring (bicyclic) bond motifs is 1. The molecule has 0 radical (unpaired) electrons. The van der Waals surface area contributed by atoms with Gasteiger partial charge in [-0.05, 0) is 44.0 Å². The van der Waals surface area contributed by atoms with Gasteiger partial charge in [-0.3, -0.25) is 0 Å². The zero-order chi connectivity index (χ0) is 12.7. The van der Waals surface area contributed by atoms with Crippen molar-refractivity contribution in [2.45, 2.75) is 25.8 Å². The molecule has 2 aromatic heterocycles. The lowest BCUT2D eigenvalue weighted by Crippen LogP contribution is -2.15. The third-order valence-electron chi connectivity index (χ3n) is 3.40. The van der Waals surface area contributed by atoms with E-state index in [1.807, 2.05) is 29.7 Å². The van der Waals surface area contributed by atoms with Crippen molar-refractivity contribution in [3.63, 3.8) is 0 Å². The smallest absolute Gasteiger partial charge is 0.356 e. The Labute approximate surface area is 104 Å². The average Bonchev–Trinajstić information content (AvgIpc) is 2.93. The number of rotatable bonds is 2. The molecule has 1 aliphatic heterocycles. The lowest BCUT2D eigenvalue weighted by Gasteiger charge is -2.08. The molecule has 2 aromatic rings. The fraction of sp³-hybridized carbons (Fsp3) is 0.385. The number of imidazole rings is 1. The molecule has 0 aromatic carbocycles. The maximum Gasteiger partial charge on any atom is 0.356 e. The van der Waals surface area contributed by atoms with Crippen molar-refractivity contribution in [1.82, 2.24) is 14.7 Å². The van der Waals surface area contributed by atoms with Gasteiger partial charge in [0.05, 0.1) is 11.6 Å². The number of hydrogen-bond acceptors (Lipinski definition) is 3. The molecule has 1 unspecified atom stereocenters. The summed E-state index contributed by atoms with van der Waals surface area (Å²) >= 11 is 0. The van der Waals surface area contributed by atoms with E-state index in [2.05, 4.69) is 10.3 Å². The second-order valence-corrected chi connectivity index (χ2v) is 4.73. The van der Waals surface area contributed by atoms with Crippen molar-refractivity contribution >= 4 is 11.5 Å². The topological polar surface area (TPSA) is 66.6 Å². The van der Waals surface area contributed by atoms with Crippen LogP contribution in [0.3, 0.4) is 0 Å². The largest absolute Gasteiger partial charge is 0.476 e. The molecule has 5 nitrogen and oxygen atoms in total. The zero-order valence-corrected chi connectivity index (χ0v) is 10.2. The molecular weight excluding hydrogens is 230 g/mol. The number of aryl methyl sites for hydroxylation is 1. The number of aromatic nitrogens is 2. The number of aromatic carboxylic acids is 1. The van der Waals surface area contributed by atoms with E-state index in [4.69, 9.17) is 0 Å². The van der Waals surface area contributed by atoms with Gasteiger partial charge in [-0.25, -0.2) is 9.78 Å². The van der Waals surface area contributed by atoms with E-state index < -0.39 is 5.97 Å². The van der Waals surface area contributed by atoms with Gasteiger partial charge in [0, 0.05) is 6.20 Å². The van der Waals surface area contributed by atoms with Gasteiger partial charge in [-0.2, -0.15) is 0 Å². The highest BCUT2D eigenvalue weighted by Gasteiger charge is 2.24. The van der Waals surface area contributed by atoms with Crippen molar-refractivity contribution < 1.29 is 9.90 Å². The normalized spacial score (nSPS) is 19.5. The average molecular weight is 245 g/mol. The van der Waals surface area contributed by atoms with E-state index in [1.165, 1.54) is 0 Å². The number of nitrogens with zero attached hydrogens (tertiary/aromatic N) is 2. The molecular formula is C13H15N3O2. The van der Waals surface area contributed by atoms with E-state index in [-0.39, 0.29) is 11.7 Å². The molecule has 2 N–H and O–H groups in total. The van der Waals surface area contributed by atoms with Crippen LogP contribution in [0.2, 0.25) is 0 Å². The first-order valence-electron chi connectivity index (χ1n) is 6.12. The Bertz CT molecular complexity index is 612. The molecule has 0 bridgehead atoms. The van der Waals surface area contributed by atoms with Gasteiger partial charge in [0.15, 0.2) is 5.69 Å². The monoisotopic (exact) mass is 245 g/mol. The highest BCUT2D eigenvalue weighted by atomic mass is 16.4. The second kappa shape index (κ2) is 4.10. The Hall–Kier alpha value is -1.88. The predicted molar refractivity (Wildman–Crippen MR) is 66.9 cm³/mol. The first kappa shape index (κ1) is 11.2. The van der Waals surface area contributed by atoms with E-state index >= 15 is 0 Å². The SMILES string of the molecule is Cc1ccn2c(C3CCCN3)nc(C(=O)O)c2c1. The van der Waals surface area contributed by atoms with Gasteiger partial charge in [0.1, 0.15) is 5.82 Å². The van der Waals surface area contributed by atoms with E-state index in [1.54, 1.807) is 0 Å². The van der Waals surface area contributed by atoms with Gasteiger partial charge >= 0.3 is 5.97 Å². The predicted octanol–water partition coefficient (Wildman–Crippen LogP) is 1.77. The van der Waals surface area contributed by atoms with Gasteiger partial charge in [0.2, 0.25) is 0 Å². The number of carboxylic acids is 1. The number of hydrogen-bond donors (Lipinski definition) is 2. The third-order valence-corrected chi connectivity index (χ3v) is 3.40. The Morgan fingerprint density at radius 3 is 3.11 bits per heavy atom. The summed E-state index contributed by atoms with van der Waals surface area (Å²) in [6, 6.07) is 4.00. The van der Waals surface area contributed by atoms with Crippen LogP contribution in [0.4, 0.5) is 0 Å². The minimum absolute atomic E-state index is 0.141. The Balaban J connectivity index is 2.22. The number of nitrogens with one attached hydrogen (secondary N) is 1. The van der Waals surface area contributed by atoms with Gasteiger partial charge in [-0.15, -0.1) is 0 Å². The molecule has 1 fully saturated rings. The minimum atomic E-state index is -0.970. The molecule has 18 heavy (non-hydrogen) atoms. The number of carboxylic acid groups (broad SMARTS) is 1. The summed E-state index contributed by atoms with van der Waals surface area (Å²) in [6.07, 6.45) is 4.01. The van der Waals surface area contributed by atoms with Crippen LogP contribution in [0.25, 0.3) is 5.52 Å². The second-order valence-electron chi connectivity index (χ2n) is 4.73. The molecule has 1 saturated heterocycles. The maximum atomic E-state index is 11.3. The molecule has 3 rings (SSSR count). The molecule has 3 heterocycles. The van der Waals surface area contributed by atoms with Gasteiger partial charge < -0.3 is 14.8 Å². The fourth-order valence-electron chi connectivity index (χ4n) is 2.52. The Morgan fingerprint density at radius 2 is 2.44 bits per heavy atom. The van der Waals surface area contributed by atoms with Crippen molar-refractivity contribution in [3.05, 3.63) is 35.4 Å². The standard InChI is InChI=1S/C13H15N3O2/c1-8-4-6-16-10(7-8)11(13(17)18)15-12(16)9-3-2-5-14-9/h4,6-7,9,14H,2-3,5H2,1H3,(H,17,18). The summed E-state index contributed by atoms with van der Waals surface area (Å²) in [7, 11) is 0. The molecule has 94 valence electrons. The van der Waals surface area contributed by atoms with Crippen LogP contribution >= 0.6 is 0 Å². The molecule has 5 heteroatoms. The molecule has 1 atom stereocenters. The van der Waals surface area contributed by atoms with Crippen LogP contribution in [-0.4, -0.2) is 27.0 Å². The molecule has 0 saturated carbocycles. The van der Waals surface area contributed by atoms with Crippen LogP contribution in [0.5, 0.6) is 0 Å². The molecule has 0 aliphatic carbocycles. The molecule has 1 aliphatic rings. The summed E-state index contributed by atoms with van der Waals surface area (Å²) in [6.45, 7) is 2.92. The van der Waals surface area contributed by atoms with Crippen LogP contribution in [0.15, 0.2) is 18.3 Å². The minimum Gasteiger partial charge on any atom is -0.476 e. The Kier molecular flexibility index (Phi) is 2.56. The quantitative estimate of drug-likeness (QED) is 0.846. The number of carbonyl (C=O) groups is 1. The summed E-state index contributed by atoms with van der Waals surface area (Å²) in [4.78, 5) is 15.6. The van der Waals surface area contributed by atoms with Crippen molar-refractivity contribution in [2.24, 2.45) is 0 Å². The van der Waals surface area contributed by atoms with Crippen molar-refractivity contribution in [3.8, 4) is 0 Å². The highest BCUT2D eigenvalue weighted by molar-refractivity contribution is 5.93. The molecule has 0 spiro atoms. The van der Waals surface area contributed by atoms with E-state index in [0.29, 0.717) is 5.52 Å². The summed E-state index contributed by atoms with van der Waals surface area (Å²) in [5, 5.41) is 12.6. The third kappa shape index (κ3) is 1.67. The highest BCUT2D eigenvalue weighted by Crippen LogP contribution is 2.25. The van der Waals surface area contributed by atoms with Crippen molar-refractivity contribution in [1.29, 1.82) is 0 Å². The number of pyridine rings is 1. The lowest BCUT2D eigenvalue weighted by atomic mass is 10.2. The fourth-order valence-corrected chi connectivity index (χ4v) is 2.52. The first-order chi connectivity index (χ1) is 8.66. The first-order valence-corrected chi connectivity index (χ1v) is 6.12. The van der Waals surface area contributed by atoms with Gasteiger partial charge in [-0.1, -0.05) is 0 Å². The van der Waals surface area contributed by atoms with Crippen LogP contribution in [0, 0.1) is 6.92 Å². The summed E-state index contributed by atoms with van der Waals surface area (Å²) in [5.74, 6) is -0.165. The van der Waals surface area contributed by atoms with E-state index in [9.17, 15) is 9.90 Å². The van der Waals surface area contributed by atoms with E-state index in [0.717, 1.165) is 30.8 Å². The van der Waals surface area contributed by atoms with Crippen LogP contribution in [0.1, 0.15) is 40.8 Å². The maximum absolute atomic E-state index is 11.3. The van der Waals surface area contributed by atoms with Crippen molar-refractivity contribution in [2.75, 3.05) is 6.54 Å².